The summed E-state index contributed by atoms with van der Waals surface area (Å²) in [5, 5.41) is 7.58. The highest BCUT2D eigenvalue weighted by molar-refractivity contribution is 6.05. The maximum absolute atomic E-state index is 12.8. The summed E-state index contributed by atoms with van der Waals surface area (Å²) in [5.74, 6) is 0.889. The van der Waals surface area contributed by atoms with Crippen molar-refractivity contribution < 1.29 is 14.3 Å². The second-order valence-corrected chi connectivity index (χ2v) is 6.75. The van der Waals surface area contributed by atoms with Crippen LogP contribution in [0.25, 0.3) is 0 Å². The van der Waals surface area contributed by atoms with Crippen LogP contribution in [-0.4, -0.2) is 29.9 Å². The molecule has 3 aromatic rings. The molecule has 0 aliphatic heterocycles. The minimum atomic E-state index is -0.237. The van der Waals surface area contributed by atoms with Gasteiger partial charge in [-0.1, -0.05) is 29.8 Å². The minimum Gasteiger partial charge on any atom is -0.497 e. The number of hydrogen-bond acceptors (Lipinski definition) is 4. The predicted octanol–water partition coefficient (Wildman–Crippen LogP) is 4.13. The van der Waals surface area contributed by atoms with Gasteiger partial charge in [0.1, 0.15) is 11.5 Å². The molecule has 28 heavy (non-hydrogen) atoms. The molecule has 0 spiro atoms. The quantitative estimate of drug-likeness (QED) is 0.699. The van der Waals surface area contributed by atoms with Gasteiger partial charge in [-0.3, -0.25) is 9.48 Å². The SMILES string of the molecule is COc1cc(OC)cc(C(=O)Nc2c(C)nn(Cc3cccc(C)c3)c2C)c1. The number of aromatic nitrogens is 2. The van der Waals surface area contributed by atoms with E-state index in [2.05, 4.69) is 35.5 Å². The lowest BCUT2D eigenvalue weighted by Crippen LogP contribution is -2.13. The number of benzene rings is 2. The summed E-state index contributed by atoms with van der Waals surface area (Å²) < 4.78 is 12.4. The molecule has 0 aliphatic rings. The van der Waals surface area contributed by atoms with Gasteiger partial charge < -0.3 is 14.8 Å². The molecule has 6 nitrogen and oxygen atoms in total. The second-order valence-electron chi connectivity index (χ2n) is 6.75. The normalized spacial score (nSPS) is 10.6. The van der Waals surface area contributed by atoms with Gasteiger partial charge in [0.05, 0.1) is 37.8 Å². The maximum Gasteiger partial charge on any atom is 0.256 e. The molecule has 1 amide bonds. The van der Waals surface area contributed by atoms with Crippen molar-refractivity contribution in [3.05, 3.63) is 70.5 Å². The average Bonchev–Trinajstić information content (AvgIpc) is 2.94. The summed E-state index contributed by atoms with van der Waals surface area (Å²) in [6.45, 7) is 6.56. The number of aryl methyl sites for hydroxylation is 2. The number of rotatable bonds is 6. The fourth-order valence-corrected chi connectivity index (χ4v) is 3.14. The minimum absolute atomic E-state index is 0.237. The molecule has 3 rings (SSSR count). The van der Waals surface area contributed by atoms with Crippen LogP contribution < -0.4 is 14.8 Å². The molecule has 146 valence electrons. The Morgan fingerprint density at radius 3 is 2.32 bits per heavy atom. The first-order valence-electron chi connectivity index (χ1n) is 9.05. The maximum atomic E-state index is 12.8. The van der Waals surface area contributed by atoms with Crippen LogP contribution in [0.5, 0.6) is 11.5 Å². The zero-order valence-electron chi connectivity index (χ0n) is 16.9. The first kappa shape index (κ1) is 19.5. The Morgan fingerprint density at radius 2 is 1.71 bits per heavy atom. The molecule has 0 bridgehead atoms. The number of nitrogens with one attached hydrogen (secondary N) is 1. The van der Waals surface area contributed by atoms with Gasteiger partial charge in [-0.15, -0.1) is 0 Å². The number of anilines is 1. The summed E-state index contributed by atoms with van der Waals surface area (Å²) in [6.07, 6.45) is 0. The molecule has 0 unspecified atom stereocenters. The largest absolute Gasteiger partial charge is 0.497 e. The highest BCUT2D eigenvalue weighted by Gasteiger charge is 2.17. The number of methoxy groups -OCH3 is 2. The Kier molecular flexibility index (Phi) is 5.68. The molecular formula is C22H25N3O3. The number of ether oxygens (including phenoxy) is 2. The lowest BCUT2D eigenvalue weighted by atomic mass is 10.1. The Balaban J connectivity index is 1.85. The molecule has 2 aromatic carbocycles. The van der Waals surface area contributed by atoms with E-state index < -0.39 is 0 Å². The number of nitrogens with zero attached hydrogens (tertiary/aromatic N) is 2. The van der Waals surface area contributed by atoms with Crippen LogP contribution >= 0.6 is 0 Å². The van der Waals surface area contributed by atoms with E-state index in [0.29, 0.717) is 23.6 Å². The summed E-state index contributed by atoms with van der Waals surface area (Å²) >= 11 is 0. The van der Waals surface area contributed by atoms with Crippen LogP contribution in [0.3, 0.4) is 0 Å². The summed E-state index contributed by atoms with van der Waals surface area (Å²) in [7, 11) is 3.11. The van der Waals surface area contributed by atoms with Gasteiger partial charge in [0.25, 0.3) is 5.91 Å². The molecule has 1 N–H and O–H groups in total. The zero-order chi connectivity index (χ0) is 20.3. The van der Waals surface area contributed by atoms with Crippen LogP contribution in [0, 0.1) is 20.8 Å². The van der Waals surface area contributed by atoms with Gasteiger partial charge in [-0.05, 0) is 38.5 Å². The number of amides is 1. The molecule has 0 atom stereocenters. The Labute approximate surface area is 165 Å². The van der Waals surface area contributed by atoms with Crippen molar-refractivity contribution in [1.29, 1.82) is 0 Å². The van der Waals surface area contributed by atoms with Crippen molar-refractivity contribution >= 4 is 11.6 Å². The molecular weight excluding hydrogens is 354 g/mol. The molecule has 0 aliphatic carbocycles. The Morgan fingerprint density at radius 1 is 1.04 bits per heavy atom. The second kappa shape index (κ2) is 8.17. The van der Waals surface area contributed by atoms with Gasteiger partial charge in [-0.25, -0.2) is 0 Å². The summed E-state index contributed by atoms with van der Waals surface area (Å²) in [6, 6.07) is 13.4. The monoisotopic (exact) mass is 379 g/mol. The van der Waals surface area contributed by atoms with Crippen molar-refractivity contribution in [2.45, 2.75) is 27.3 Å². The molecule has 0 saturated heterocycles. The van der Waals surface area contributed by atoms with Crippen LogP contribution in [0.4, 0.5) is 5.69 Å². The summed E-state index contributed by atoms with van der Waals surface area (Å²) in [5.41, 5.74) is 5.23. The number of carbonyl (C=O) groups is 1. The van der Waals surface area contributed by atoms with E-state index in [9.17, 15) is 4.79 Å². The molecule has 0 radical (unpaired) electrons. The third kappa shape index (κ3) is 4.17. The fourth-order valence-electron chi connectivity index (χ4n) is 3.14. The van der Waals surface area contributed by atoms with Crippen molar-refractivity contribution in [2.75, 3.05) is 19.5 Å². The van der Waals surface area contributed by atoms with Crippen LogP contribution in [-0.2, 0) is 6.54 Å². The topological polar surface area (TPSA) is 65.4 Å². The van der Waals surface area contributed by atoms with Crippen molar-refractivity contribution in [2.24, 2.45) is 0 Å². The first-order chi connectivity index (χ1) is 13.4. The van der Waals surface area contributed by atoms with E-state index in [4.69, 9.17) is 9.47 Å². The Hall–Kier alpha value is -3.28. The van der Waals surface area contributed by atoms with Crippen LogP contribution in [0.1, 0.15) is 32.9 Å². The number of carbonyl (C=O) groups excluding carboxylic acids is 1. The van der Waals surface area contributed by atoms with Crippen LogP contribution in [0.15, 0.2) is 42.5 Å². The highest BCUT2D eigenvalue weighted by atomic mass is 16.5. The van der Waals surface area contributed by atoms with Gasteiger partial charge in [0, 0.05) is 11.6 Å². The fraction of sp³-hybridized carbons (Fsp3) is 0.273. The lowest BCUT2D eigenvalue weighted by molar-refractivity contribution is 0.102. The molecule has 6 heteroatoms. The predicted molar refractivity (Wildman–Crippen MR) is 109 cm³/mol. The Bertz CT molecular complexity index is 986. The molecule has 0 fully saturated rings. The zero-order valence-corrected chi connectivity index (χ0v) is 16.9. The molecule has 1 heterocycles. The summed E-state index contributed by atoms with van der Waals surface area (Å²) in [4.78, 5) is 12.8. The van der Waals surface area contributed by atoms with Gasteiger partial charge >= 0.3 is 0 Å². The smallest absolute Gasteiger partial charge is 0.256 e. The van der Waals surface area contributed by atoms with Gasteiger partial charge in [0.2, 0.25) is 0 Å². The van der Waals surface area contributed by atoms with E-state index in [1.165, 1.54) is 11.1 Å². The first-order valence-corrected chi connectivity index (χ1v) is 9.05. The molecule has 0 saturated carbocycles. The van der Waals surface area contributed by atoms with Crippen LogP contribution in [0.2, 0.25) is 0 Å². The standard InChI is InChI=1S/C22H25N3O3/c1-14-7-6-8-17(9-14)13-25-16(3)21(15(2)24-25)23-22(26)18-10-19(27-4)12-20(11-18)28-5/h6-12H,13H2,1-5H3,(H,23,26). The van der Waals surface area contributed by atoms with E-state index in [1.54, 1.807) is 32.4 Å². The number of hydrogen-bond donors (Lipinski definition) is 1. The lowest BCUT2D eigenvalue weighted by Gasteiger charge is -2.10. The van der Waals surface area contributed by atoms with Gasteiger partial charge in [0.15, 0.2) is 0 Å². The third-order valence-corrected chi connectivity index (χ3v) is 4.65. The average molecular weight is 379 g/mol. The van der Waals surface area contributed by atoms with E-state index in [0.717, 1.165) is 17.1 Å². The van der Waals surface area contributed by atoms with E-state index in [-0.39, 0.29) is 5.91 Å². The van der Waals surface area contributed by atoms with Crippen molar-refractivity contribution in [1.82, 2.24) is 9.78 Å². The van der Waals surface area contributed by atoms with Crippen molar-refractivity contribution in [3.8, 4) is 11.5 Å². The van der Waals surface area contributed by atoms with E-state index >= 15 is 0 Å². The highest BCUT2D eigenvalue weighted by Crippen LogP contribution is 2.25. The van der Waals surface area contributed by atoms with Crippen molar-refractivity contribution in [3.63, 3.8) is 0 Å². The third-order valence-electron chi connectivity index (χ3n) is 4.65. The van der Waals surface area contributed by atoms with Gasteiger partial charge in [-0.2, -0.15) is 5.10 Å². The van der Waals surface area contributed by atoms with E-state index in [1.807, 2.05) is 24.6 Å². The molecule has 1 aromatic heterocycles.